The van der Waals surface area contributed by atoms with Gasteiger partial charge in [-0.05, 0) is 0 Å². The molecule has 0 unspecified atom stereocenters. The molecule has 1 aliphatic carbocycles. The Morgan fingerprint density at radius 2 is 0.821 bits per heavy atom. The molecule has 14 nitrogen and oxygen atoms in total. The minimum atomic E-state index is -1.85. The van der Waals surface area contributed by atoms with E-state index in [1.54, 1.807) is 0 Å². The molecule has 0 aromatic heterocycles. The lowest BCUT2D eigenvalue weighted by Gasteiger charge is -2.17. The van der Waals surface area contributed by atoms with Crippen molar-refractivity contribution in [2.45, 2.75) is 0 Å². The molecule has 2 aromatic rings. The summed E-state index contributed by atoms with van der Waals surface area (Å²) in [6.45, 7) is 0. The van der Waals surface area contributed by atoms with Crippen LogP contribution in [0.5, 0.6) is 0 Å². The fourth-order valence-corrected chi connectivity index (χ4v) is 2.99. The summed E-state index contributed by atoms with van der Waals surface area (Å²) < 4.78 is 0. The molecule has 0 fully saturated rings. The van der Waals surface area contributed by atoms with Crippen molar-refractivity contribution >= 4 is 34.3 Å². The van der Waals surface area contributed by atoms with E-state index >= 15 is 0 Å². The topological polar surface area (TPSA) is 207 Å². The van der Waals surface area contributed by atoms with Crippen LogP contribution < -0.4 is 0 Å². The van der Waals surface area contributed by atoms with Crippen LogP contribution in [0, 0.1) is 40.5 Å². The van der Waals surface area contributed by atoms with E-state index in [2.05, 4.69) is 0 Å². The largest absolute Gasteiger partial charge is 0.430 e. The van der Waals surface area contributed by atoms with Gasteiger partial charge in [-0.25, -0.2) is 0 Å². The number of nitrogens with zero attached hydrogens (tertiary/aromatic N) is 4. The highest BCUT2D eigenvalue weighted by atomic mass is 16.7. The summed E-state index contributed by atoms with van der Waals surface area (Å²) >= 11 is 0. The summed E-state index contributed by atoms with van der Waals surface area (Å²) in [5.74, 6) is -2.53. The summed E-state index contributed by atoms with van der Waals surface area (Å²) in [5, 5.41) is 45.6. The van der Waals surface area contributed by atoms with E-state index in [0.717, 1.165) is 12.1 Å². The standard InChI is InChI=1S/C14H4N4O10/c19-13-5-3-1-2-4-6(5)14(20)8-7(13)9(15(21)22)11(17(25)26)12(18(27)28)10(8)16(23)24/h1-4H. The average molecular weight is 388 g/mol. The zero-order valence-electron chi connectivity index (χ0n) is 13.2. The second kappa shape index (κ2) is 5.97. The molecule has 0 N–H and O–H groups in total. The summed E-state index contributed by atoms with van der Waals surface area (Å²) in [6, 6.07) is 4.80. The Kier molecular flexibility index (Phi) is 3.88. The Bertz CT molecular complexity index is 1080. The van der Waals surface area contributed by atoms with E-state index in [-0.39, 0.29) is 11.1 Å². The van der Waals surface area contributed by atoms with Gasteiger partial charge in [0.15, 0.2) is 0 Å². The Labute approximate surface area is 151 Å². The van der Waals surface area contributed by atoms with Gasteiger partial charge < -0.3 is 0 Å². The highest BCUT2D eigenvalue weighted by molar-refractivity contribution is 6.32. The molecule has 140 valence electrons. The SMILES string of the molecule is O=C1c2ccccc2C(=O)c2c1c([N+](=O)[O-])c([N+](=O)[O-])c([N+](=O)[O-])c2[N+](=O)[O-]. The van der Waals surface area contributed by atoms with Crippen molar-refractivity contribution in [1.29, 1.82) is 0 Å². The minimum Gasteiger partial charge on any atom is -0.288 e. The molecule has 0 aliphatic heterocycles. The van der Waals surface area contributed by atoms with Gasteiger partial charge >= 0.3 is 22.7 Å². The van der Waals surface area contributed by atoms with Gasteiger partial charge in [0.05, 0.1) is 19.7 Å². The van der Waals surface area contributed by atoms with Crippen LogP contribution in [0.3, 0.4) is 0 Å². The number of nitro groups is 4. The molecule has 2 aromatic carbocycles. The first-order valence-electron chi connectivity index (χ1n) is 7.09. The highest BCUT2D eigenvalue weighted by Gasteiger charge is 2.54. The van der Waals surface area contributed by atoms with Crippen molar-refractivity contribution in [3.63, 3.8) is 0 Å². The van der Waals surface area contributed by atoms with Crippen molar-refractivity contribution in [2.24, 2.45) is 0 Å². The fourth-order valence-electron chi connectivity index (χ4n) is 2.99. The van der Waals surface area contributed by atoms with Crippen LogP contribution in [0.15, 0.2) is 24.3 Å². The molecular formula is C14H4N4O10. The molecule has 0 saturated carbocycles. The van der Waals surface area contributed by atoms with Gasteiger partial charge in [-0.2, -0.15) is 0 Å². The number of rotatable bonds is 4. The second-order valence-electron chi connectivity index (χ2n) is 5.38. The quantitative estimate of drug-likeness (QED) is 0.469. The maximum Gasteiger partial charge on any atom is 0.430 e. The van der Waals surface area contributed by atoms with Crippen LogP contribution in [0.25, 0.3) is 0 Å². The van der Waals surface area contributed by atoms with E-state index in [1.165, 1.54) is 12.1 Å². The highest BCUT2D eigenvalue weighted by Crippen LogP contribution is 2.50. The minimum absolute atomic E-state index is 0.374. The van der Waals surface area contributed by atoms with Gasteiger partial charge in [-0.15, -0.1) is 0 Å². The smallest absolute Gasteiger partial charge is 0.288 e. The van der Waals surface area contributed by atoms with Crippen LogP contribution >= 0.6 is 0 Å². The summed E-state index contributed by atoms with van der Waals surface area (Å²) in [6.07, 6.45) is 0. The second-order valence-corrected chi connectivity index (χ2v) is 5.38. The lowest BCUT2D eigenvalue weighted by Crippen LogP contribution is -2.25. The number of hydrogen-bond donors (Lipinski definition) is 0. The molecule has 0 radical (unpaired) electrons. The van der Waals surface area contributed by atoms with Crippen LogP contribution in [-0.4, -0.2) is 31.3 Å². The number of carbonyl (C=O) groups excluding carboxylic acids is 2. The summed E-state index contributed by atoms with van der Waals surface area (Å²) in [5.41, 5.74) is -10.2. The zero-order valence-corrected chi connectivity index (χ0v) is 13.2. The van der Waals surface area contributed by atoms with Gasteiger partial charge in [0, 0.05) is 11.1 Å². The molecule has 3 rings (SSSR count). The molecule has 14 heteroatoms. The Hall–Kier alpha value is -4.62. The Balaban J connectivity index is 2.68. The van der Waals surface area contributed by atoms with Gasteiger partial charge in [-0.3, -0.25) is 50.0 Å². The third-order valence-electron chi connectivity index (χ3n) is 4.00. The number of fused-ring (bicyclic) bond motifs is 2. The number of nitro benzene ring substituents is 4. The summed E-state index contributed by atoms with van der Waals surface area (Å²) in [4.78, 5) is 65.0. The average Bonchev–Trinajstić information content (AvgIpc) is 2.63. The van der Waals surface area contributed by atoms with E-state index in [1.807, 2.05) is 0 Å². The third kappa shape index (κ3) is 2.28. The lowest BCUT2D eigenvalue weighted by atomic mass is 9.81. The monoisotopic (exact) mass is 388 g/mol. The van der Waals surface area contributed by atoms with Gasteiger partial charge in [-0.1, -0.05) is 24.3 Å². The zero-order chi connectivity index (χ0) is 20.9. The molecule has 0 spiro atoms. The van der Waals surface area contributed by atoms with Crippen molar-refractivity contribution in [2.75, 3.05) is 0 Å². The maximum atomic E-state index is 12.7. The van der Waals surface area contributed by atoms with Crippen LogP contribution in [0.1, 0.15) is 31.8 Å². The van der Waals surface area contributed by atoms with Crippen LogP contribution in [0.2, 0.25) is 0 Å². The first-order valence-corrected chi connectivity index (χ1v) is 7.09. The molecule has 0 amide bonds. The van der Waals surface area contributed by atoms with Crippen LogP contribution in [0.4, 0.5) is 22.7 Å². The molecule has 0 saturated heterocycles. The van der Waals surface area contributed by atoms with Gasteiger partial charge in [0.25, 0.3) is 0 Å². The van der Waals surface area contributed by atoms with Crippen LogP contribution in [-0.2, 0) is 0 Å². The summed E-state index contributed by atoms with van der Waals surface area (Å²) in [7, 11) is 0. The fraction of sp³-hybridized carbons (Fsp3) is 0. The number of ketones is 2. The predicted octanol–water partition coefficient (Wildman–Crippen LogP) is 2.09. The Morgan fingerprint density at radius 1 is 0.536 bits per heavy atom. The van der Waals surface area contributed by atoms with Gasteiger partial charge in [0.1, 0.15) is 11.1 Å². The normalized spacial score (nSPS) is 12.1. The molecule has 0 heterocycles. The molecule has 1 aliphatic rings. The van der Waals surface area contributed by atoms with Gasteiger partial charge in [0.2, 0.25) is 11.6 Å². The third-order valence-corrected chi connectivity index (χ3v) is 4.00. The molecular weight excluding hydrogens is 384 g/mol. The molecule has 0 bridgehead atoms. The van der Waals surface area contributed by atoms with E-state index in [9.17, 15) is 50.0 Å². The van der Waals surface area contributed by atoms with Crippen molar-refractivity contribution in [3.05, 3.63) is 87.0 Å². The van der Waals surface area contributed by atoms with Crippen molar-refractivity contribution in [3.8, 4) is 0 Å². The predicted molar refractivity (Wildman–Crippen MR) is 86.4 cm³/mol. The number of carbonyl (C=O) groups is 2. The van der Waals surface area contributed by atoms with Crippen molar-refractivity contribution in [1.82, 2.24) is 0 Å². The number of hydrogen-bond acceptors (Lipinski definition) is 10. The van der Waals surface area contributed by atoms with E-state index in [4.69, 9.17) is 0 Å². The molecule has 28 heavy (non-hydrogen) atoms. The molecule has 0 atom stereocenters. The first kappa shape index (κ1) is 18.2. The Morgan fingerprint density at radius 3 is 1.07 bits per heavy atom. The van der Waals surface area contributed by atoms with E-state index in [0.29, 0.717) is 0 Å². The maximum absolute atomic E-state index is 12.7. The lowest BCUT2D eigenvalue weighted by molar-refractivity contribution is -0.452. The first-order chi connectivity index (χ1) is 13.1. The number of benzene rings is 2. The van der Waals surface area contributed by atoms with Crippen molar-refractivity contribution < 1.29 is 29.3 Å². The van der Waals surface area contributed by atoms with E-state index < -0.39 is 65.1 Å².